The van der Waals surface area contributed by atoms with Crippen molar-refractivity contribution in [3.05, 3.63) is 12.7 Å². The van der Waals surface area contributed by atoms with E-state index in [1.54, 1.807) is 4.90 Å². The first-order chi connectivity index (χ1) is 9.82. The average molecular weight is 306 g/mol. The molecule has 2 aliphatic rings. The zero-order valence-corrected chi connectivity index (χ0v) is 11.4. The smallest absolute Gasteiger partial charge is 0.445 e. The highest BCUT2D eigenvalue weighted by Gasteiger charge is 2.46. The summed E-state index contributed by atoms with van der Waals surface area (Å²) in [6.45, 7) is 3.55. The maximum Gasteiger partial charge on any atom is 0.471 e. The number of ether oxygens (including phenoxy) is 1. The molecule has 0 aromatic carbocycles. The Morgan fingerprint density at radius 3 is 2.33 bits per heavy atom. The SMILES string of the molecule is C=CCOC(=O)N1[C@@H]2CC[C@H]1C[C@@H](NC(=O)C(F)(F)F)C2. The largest absolute Gasteiger partial charge is 0.471 e. The number of amides is 2. The van der Waals surface area contributed by atoms with Gasteiger partial charge in [-0.3, -0.25) is 4.79 Å². The Balaban J connectivity index is 1.94. The number of rotatable bonds is 3. The first-order valence-corrected chi connectivity index (χ1v) is 6.76. The molecule has 2 bridgehead atoms. The highest BCUT2D eigenvalue weighted by Crippen LogP contribution is 2.36. The monoisotopic (exact) mass is 306 g/mol. The Morgan fingerprint density at radius 2 is 1.86 bits per heavy atom. The standard InChI is InChI=1S/C13H17F3N2O3/c1-2-5-21-12(20)18-9-3-4-10(18)7-8(6-9)17-11(19)13(14,15)16/h2,8-10H,1,3-7H2,(H,17,19)/t8-,9+,10-. The van der Waals surface area contributed by atoms with E-state index in [0.29, 0.717) is 25.7 Å². The van der Waals surface area contributed by atoms with Crippen LogP contribution in [-0.2, 0) is 9.53 Å². The summed E-state index contributed by atoms with van der Waals surface area (Å²) in [6, 6.07) is -0.917. The van der Waals surface area contributed by atoms with Gasteiger partial charge in [0.25, 0.3) is 0 Å². The van der Waals surface area contributed by atoms with Crippen LogP contribution in [0.25, 0.3) is 0 Å². The lowest BCUT2D eigenvalue weighted by Crippen LogP contribution is -2.54. The zero-order valence-electron chi connectivity index (χ0n) is 11.4. The molecule has 21 heavy (non-hydrogen) atoms. The maximum absolute atomic E-state index is 12.3. The van der Waals surface area contributed by atoms with Crippen LogP contribution in [0.15, 0.2) is 12.7 Å². The van der Waals surface area contributed by atoms with Gasteiger partial charge in [-0.25, -0.2) is 4.79 Å². The fourth-order valence-electron chi connectivity index (χ4n) is 3.06. The van der Waals surface area contributed by atoms with Crippen molar-refractivity contribution in [2.45, 2.75) is 50.0 Å². The lowest BCUT2D eigenvalue weighted by atomic mass is 9.97. The van der Waals surface area contributed by atoms with Crippen molar-refractivity contribution in [3.8, 4) is 0 Å². The molecule has 2 saturated heterocycles. The van der Waals surface area contributed by atoms with Crippen molar-refractivity contribution >= 4 is 12.0 Å². The van der Waals surface area contributed by atoms with Crippen LogP contribution < -0.4 is 5.32 Å². The van der Waals surface area contributed by atoms with Gasteiger partial charge in [0, 0.05) is 18.1 Å². The van der Waals surface area contributed by atoms with Crippen LogP contribution in [0.5, 0.6) is 0 Å². The Hall–Kier alpha value is -1.73. The average Bonchev–Trinajstić information content (AvgIpc) is 2.66. The van der Waals surface area contributed by atoms with Crippen molar-refractivity contribution in [1.82, 2.24) is 10.2 Å². The minimum Gasteiger partial charge on any atom is -0.445 e. The minimum atomic E-state index is -4.88. The first kappa shape index (κ1) is 15.7. The van der Waals surface area contributed by atoms with Gasteiger partial charge in [0.2, 0.25) is 0 Å². The van der Waals surface area contributed by atoms with Gasteiger partial charge in [-0.15, -0.1) is 0 Å². The third kappa shape index (κ3) is 3.48. The fraction of sp³-hybridized carbons (Fsp3) is 0.692. The van der Waals surface area contributed by atoms with Crippen molar-refractivity contribution in [1.29, 1.82) is 0 Å². The quantitative estimate of drug-likeness (QED) is 0.811. The third-order valence-electron chi connectivity index (χ3n) is 3.86. The molecule has 2 aliphatic heterocycles. The molecule has 0 aliphatic carbocycles. The molecule has 0 spiro atoms. The Morgan fingerprint density at radius 1 is 1.29 bits per heavy atom. The van der Waals surface area contributed by atoms with E-state index in [0.717, 1.165) is 0 Å². The van der Waals surface area contributed by atoms with Crippen molar-refractivity contribution < 1.29 is 27.5 Å². The van der Waals surface area contributed by atoms with Gasteiger partial charge in [0.1, 0.15) is 6.61 Å². The third-order valence-corrected chi connectivity index (χ3v) is 3.86. The molecule has 2 amide bonds. The van der Waals surface area contributed by atoms with Crippen LogP contribution in [0.1, 0.15) is 25.7 Å². The second-order valence-electron chi connectivity index (χ2n) is 5.30. The first-order valence-electron chi connectivity index (χ1n) is 6.76. The summed E-state index contributed by atoms with van der Waals surface area (Å²) in [5.41, 5.74) is 0. The van der Waals surface area contributed by atoms with E-state index in [-0.39, 0.29) is 18.7 Å². The number of hydrogen-bond acceptors (Lipinski definition) is 3. The van der Waals surface area contributed by atoms with E-state index in [2.05, 4.69) is 6.58 Å². The Kier molecular flexibility index (Phi) is 4.43. The second-order valence-corrected chi connectivity index (χ2v) is 5.30. The lowest BCUT2D eigenvalue weighted by Gasteiger charge is -2.38. The predicted molar refractivity (Wildman–Crippen MR) is 67.4 cm³/mol. The summed E-state index contributed by atoms with van der Waals surface area (Å²) in [7, 11) is 0. The maximum atomic E-state index is 12.3. The number of nitrogens with one attached hydrogen (secondary N) is 1. The van der Waals surface area contributed by atoms with Gasteiger partial charge in [0.15, 0.2) is 0 Å². The van der Waals surface area contributed by atoms with Crippen molar-refractivity contribution in [2.24, 2.45) is 0 Å². The minimum absolute atomic E-state index is 0.100. The number of carbonyl (C=O) groups excluding carboxylic acids is 2. The molecule has 0 saturated carbocycles. The number of piperidine rings is 1. The van der Waals surface area contributed by atoms with E-state index in [9.17, 15) is 22.8 Å². The molecule has 2 heterocycles. The highest BCUT2D eigenvalue weighted by atomic mass is 19.4. The van der Waals surface area contributed by atoms with Gasteiger partial charge < -0.3 is 15.0 Å². The zero-order chi connectivity index (χ0) is 15.6. The highest BCUT2D eigenvalue weighted by molar-refractivity contribution is 5.82. The number of nitrogens with zero attached hydrogens (tertiary/aromatic N) is 1. The summed E-state index contributed by atoms with van der Waals surface area (Å²) in [6.07, 6.45) is -1.82. The summed E-state index contributed by atoms with van der Waals surface area (Å²) in [5, 5.41) is 2.00. The van der Waals surface area contributed by atoms with Gasteiger partial charge in [-0.2, -0.15) is 13.2 Å². The van der Waals surface area contributed by atoms with E-state index >= 15 is 0 Å². The van der Waals surface area contributed by atoms with E-state index < -0.39 is 24.2 Å². The van der Waals surface area contributed by atoms with Crippen LogP contribution in [-0.4, -0.2) is 47.8 Å². The normalized spacial score (nSPS) is 28.1. The van der Waals surface area contributed by atoms with Gasteiger partial charge in [-0.1, -0.05) is 12.7 Å². The van der Waals surface area contributed by atoms with Crippen LogP contribution >= 0.6 is 0 Å². The number of fused-ring (bicyclic) bond motifs is 2. The number of hydrogen-bond donors (Lipinski definition) is 1. The predicted octanol–water partition coefficient (Wildman–Crippen LogP) is 1.98. The van der Waals surface area contributed by atoms with Crippen LogP contribution in [0.2, 0.25) is 0 Å². The molecule has 118 valence electrons. The molecule has 0 aromatic heterocycles. The Labute approximate surface area is 120 Å². The summed E-state index contributed by atoms with van der Waals surface area (Å²) >= 11 is 0. The fourth-order valence-corrected chi connectivity index (χ4v) is 3.06. The molecule has 5 nitrogen and oxygen atoms in total. The van der Waals surface area contributed by atoms with Gasteiger partial charge >= 0.3 is 18.2 Å². The van der Waals surface area contributed by atoms with Crippen molar-refractivity contribution in [3.63, 3.8) is 0 Å². The molecular formula is C13H17F3N2O3. The summed E-state index contributed by atoms with van der Waals surface area (Å²) in [5.74, 6) is -1.92. The molecule has 0 aromatic rings. The van der Waals surface area contributed by atoms with E-state index in [1.807, 2.05) is 5.32 Å². The molecular weight excluding hydrogens is 289 g/mol. The molecule has 0 radical (unpaired) electrons. The van der Waals surface area contributed by atoms with Crippen LogP contribution in [0.3, 0.4) is 0 Å². The van der Waals surface area contributed by atoms with Gasteiger partial charge in [0.05, 0.1) is 0 Å². The summed E-state index contributed by atoms with van der Waals surface area (Å²) < 4.78 is 41.7. The topological polar surface area (TPSA) is 58.6 Å². The number of halogens is 3. The molecule has 8 heteroatoms. The van der Waals surface area contributed by atoms with E-state index in [4.69, 9.17) is 4.74 Å². The second kappa shape index (κ2) is 5.95. The van der Waals surface area contributed by atoms with Crippen molar-refractivity contribution in [2.75, 3.05) is 6.61 Å². The number of alkyl halides is 3. The van der Waals surface area contributed by atoms with Crippen LogP contribution in [0, 0.1) is 0 Å². The molecule has 3 atom stereocenters. The van der Waals surface area contributed by atoms with E-state index in [1.165, 1.54) is 6.08 Å². The molecule has 2 rings (SSSR count). The Bertz CT molecular complexity index is 425. The number of carbonyl (C=O) groups is 2. The summed E-state index contributed by atoms with van der Waals surface area (Å²) in [4.78, 5) is 24.4. The molecule has 0 unspecified atom stereocenters. The lowest BCUT2D eigenvalue weighted by molar-refractivity contribution is -0.174. The molecule has 1 N–H and O–H groups in total. The van der Waals surface area contributed by atoms with Gasteiger partial charge in [-0.05, 0) is 25.7 Å². The molecule has 2 fully saturated rings. The van der Waals surface area contributed by atoms with Crippen LogP contribution in [0.4, 0.5) is 18.0 Å².